The molecule has 0 spiro atoms. The molecule has 0 aliphatic heterocycles. The highest BCUT2D eigenvalue weighted by molar-refractivity contribution is 6.92. The summed E-state index contributed by atoms with van der Waals surface area (Å²) in [7, 11) is -9.24. The Morgan fingerprint density at radius 1 is 0.308 bits per heavy atom. The summed E-state index contributed by atoms with van der Waals surface area (Å²) < 4.78 is 0. The third-order valence-corrected chi connectivity index (χ3v) is 42.0. The van der Waals surface area contributed by atoms with Gasteiger partial charge in [-0.2, -0.15) is 0 Å². The van der Waals surface area contributed by atoms with E-state index in [4.69, 9.17) is 0 Å². The predicted molar refractivity (Wildman–Crippen MR) is 345 cm³/mol. The standard InChI is InChI=1S/C68H92N2O4Si4/c1-49(2)75(50(3)4,51(5)6)45-41-63(65(35-29-61-31-37-67(38-32-61)69(71)72)43-47-77(55(13)14,56(15)16)57(17)18)27-25-26-28-64(42-46-76(52(7)8,53(9)10)54(11)12)66(36-30-62-33-39-68(40-34-62)70(73)74)44-48-78(58(19)20,59(21)22)60(23)24/h31-34,37-40,49-60H,1-24H3/b65-63+,66-64+. The zero-order valence-corrected chi connectivity index (χ0v) is 56.1. The largest absolute Gasteiger partial charge is 0.269 e. The summed E-state index contributed by atoms with van der Waals surface area (Å²) in [4.78, 5) is 22.4. The highest BCUT2D eigenvalue weighted by Crippen LogP contribution is 2.44. The van der Waals surface area contributed by atoms with Crippen molar-refractivity contribution < 1.29 is 9.85 Å². The van der Waals surface area contributed by atoms with Crippen LogP contribution in [0.5, 0.6) is 0 Å². The van der Waals surface area contributed by atoms with Crippen LogP contribution in [-0.4, -0.2) is 42.1 Å². The van der Waals surface area contributed by atoms with Crippen LogP contribution in [0.3, 0.4) is 0 Å². The van der Waals surface area contributed by atoms with Crippen LogP contribution in [0.15, 0.2) is 70.8 Å². The molecule has 0 aromatic heterocycles. The molecule has 0 heterocycles. The van der Waals surface area contributed by atoms with E-state index in [0.29, 0.717) is 99.9 Å². The van der Waals surface area contributed by atoms with Crippen LogP contribution in [0.1, 0.15) is 177 Å². The fraction of sp³-hybridized carbons (Fsp3) is 0.529. The van der Waals surface area contributed by atoms with Crippen molar-refractivity contribution in [1.82, 2.24) is 0 Å². The third-order valence-electron chi connectivity index (χ3n) is 16.8. The van der Waals surface area contributed by atoms with Crippen LogP contribution < -0.4 is 0 Å². The average Bonchev–Trinajstić information content (AvgIpc) is 3.33. The summed E-state index contributed by atoms with van der Waals surface area (Å²) in [6, 6.07) is 12.5. The number of nitro benzene ring substituents is 2. The van der Waals surface area contributed by atoms with Crippen LogP contribution >= 0.6 is 0 Å². The molecular weight excluding hydrogens is 1020 g/mol. The first-order chi connectivity index (χ1) is 36.2. The lowest BCUT2D eigenvalue weighted by atomic mass is 10.1. The van der Waals surface area contributed by atoms with Crippen molar-refractivity contribution in [3.05, 3.63) is 102 Å². The van der Waals surface area contributed by atoms with Gasteiger partial charge in [-0.1, -0.05) is 214 Å². The quantitative estimate of drug-likeness (QED) is 0.0816. The maximum atomic E-state index is 11.6. The van der Waals surface area contributed by atoms with Crippen LogP contribution in [-0.2, 0) is 0 Å². The number of hydrogen-bond donors (Lipinski definition) is 0. The van der Waals surface area contributed by atoms with E-state index >= 15 is 0 Å². The van der Waals surface area contributed by atoms with Gasteiger partial charge < -0.3 is 0 Å². The van der Waals surface area contributed by atoms with Crippen LogP contribution in [0, 0.1) is 113 Å². The molecule has 2 aromatic carbocycles. The van der Waals surface area contributed by atoms with E-state index in [9.17, 15) is 20.2 Å². The molecule has 414 valence electrons. The van der Waals surface area contributed by atoms with Gasteiger partial charge in [-0.3, -0.25) is 20.2 Å². The third kappa shape index (κ3) is 16.3. The minimum Gasteiger partial charge on any atom is -0.258 e. The van der Waals surface area contributed by atoms with Gasteiger partial charge in [-0.25, -0.2) is 0 Å². The van der Waals surface area contributed by atoms with Gasteiger partial charge in [-0.15, -0.1) is 22.2 Å². The Morgan fingerprint density at radius 2 is 0.487 bits per heavy atom. The number of allylic oxidation sites excluding steroid dienone is 4. The van der Waals surface area contributed by atoms with Crippen molar-refractivity contribution in [3.8, 4) is 93.2 Å². The van der Waals surface area contributed by atoms with E-state index in [1.165, 1.54) is 24.3 Å². The molecule has 0 radical (unpaired) electrons. The zero-order chi connectivity index (χ0) is 59.7. The maximum absolute atomic E-state index is 11.6. The van der Waals surface area contributed by atoms with E-state index < -0.39 is 42.1 Å². The topological polar surface area (TPSA) is 86.3 Å². The molecule has 0 saturated heterocycles. The minimum atomic E-state index is -2.32. The molecular formula is C68H92N2O4Si4. The summed E-state index contributed by atoms with van der Waals surface area (Å²) in [6.07, 6.45) is 0. The van der Waals surface area contributed by atoms with Gasteiger partial charge in [0.25, 0.3) is 11.4 Å². The Labute approximate surface area is 478 Å². The van der Waals surface area contributed by atoms with Gasteiger partial charge in [0.05, 0.1) is 32.1 Å². The smallest absolute Gasteiger partial charge is 0.258 e. The van der Waals surface area contributed by atoms with E-state index in [1.54, 1.807) is 24.3 Å². The van der Waals surface area contributed by atoms with Crippen LogP contribution in [0.25, 0.3) is 0 Å². The average molecular weight is 1110 g/mol. The van der Waals surface area contributed by atoms with Crippen molar-refractivity contribution in [2.45, 2.75) is 233 Å². The summed E-state index contributed by atoms with van der Waals surface area (Å²) >= 11 is 0. The number of benzene rings is 2. The second kappa shape index (κ2) is 29.9. The molecule has 0 aliphatic rings. The molecule has 0 bridgehead atoms. The normalized spacial score (nSPS) is 12.5. The number of non-ortho nitro benzene ring substituents is 2. The first-order valence-electron chi connectivity index (χ1n) is 28.4. The lowest BCUT2D eigenvalue weighted by Gasteiger charge is -2.38. The van der Waals surface area contributed by atoms with E-state index in [-0.39, 0.29) is 11.4 Å². The first-order valence-corrected chi connectivity index (χ1v) is 37.3. The fourth-order valence-electron chi connectivity index (χ4n) is 12.8. The first kappa shape index (κ1) is 68.2. The molecule has 0 unspecified atom stereocenters. The van der Waals surface area contributed by atoms with Gasteiger partial charge in [0.15, 0.2) is 0 Å². The predicted octanol–water partition coefficient (Wildman–Crippen LogP) is 18.4. The Bertz CT molecular complexity index is 2760. The SMILES string of the molecule is CC(C)[Si](C#C/C(C#CC#C/C(C#C[Si](C(C)C)(C(C)C)C(C)C)=C(/C#Cc1ccc([N+](=O)[O-])cc1)C#C[Si](C(C)C)(C(C)C)C(C)C)=C(\C#Cc1ccc([N+](=O)[O-])cc1)C#C[Si](C(C)C)(C(C)C)C(C)C)(C(C)C)C(C)C. The number of rotatable bonds is 14. The molecule has 2 aromatic rings. The number of hydrogen-bond acceptors (Lipinski definition) is 4. The van der Waals surface area contributed by atoms with Gasteiger partial charge in [0, 0.05) is 35.4 Å². The summed E-state index contributed by atoms with van der Waals surface area (Å²) in [5.74, 6) is 41.3. The van der Waals surface area contributed by atoms with E-state index in [1.807, 2.05) is 0 Å². The molecule has 0 fully saturated rings. The molecule has 0 N–H and O–H groups in total. The fourth-order valence-corrected chi connectivity index (χ4v) is 33.7. The monoisotopic (exact) mass is 1110 g/mol. The highest BCUT2D eigenvalue weighted by Gasteiger charge is 2.45. The molecule has 2 rings (SSSR count). The second-order valence-corrected chi connectivity index (χ2v) is 47.0. The van der Waals surface area contributed by atoms with Crippen molar-refractivity contribution >= 4 is 43.7 Å². The van der Waals surface area contributed by atoms with Gasteiger partial charge in [0.2, 0.25) is 0 Å². The summed E-state index contributed by atoms with van der Waals surface area (Å²) in [5, 5.41) is 23.2. The Balaban J connectivity index is 3.65. The molecule has 0 saturated carbocycles. The van der Waals surface area contributed by atoms with Crippen molar-refractivity contribution in [3.63, 3.8) is 0 Å². The summed E-state index contributed by atoms with van der Waals surface area (Å²) in [6.45, 7) is 54.9. The van der Waals surface area contributed by atoms with E-state index in [2.05, 4.69) is 259 Å². The van der Waals surface area contributed by atoms with Crippen LogP contribution in [0.2, 0.25) is 66.5 Å². The van der Waals surface area contributed by atoms with Crippen molar-refractivity contribution in [1.29, 1.82) is 0 Å². The Morgan fingerprint density at radius 3 is 0.654 bits per heavy atom. The van der Waals surface area contributed by atoms with Gasteiger partial charge in [-0.05, 0) is 114 Å². The number of nitrogens with zero attached hydrogens (tertiary/aromatic N) is 2. The molecule has 0 aliphatic carbocycles. The maximum Gasteiger partial charge on any atom is 0.269 e. The van der Waals surface area contributed by atoms with Crippen molar-refractivity contribution in [2.24, 2.45) is 0 Å². The summed E-state index contributed by atoms with van der Waals surface area (Å²) in [5.41, 5.74) is 23.0. The Hall–Kier alpha value is -5.93. The van der Waals surface area contributed by atoms with E-state index in [0.717, 1.165) is 0 Å². The Kier molecular flexibility index (Phi) is 26.1. The number of nitro groups is 2. The second-order valence-electron chi connectivity index (χ2n) is 24.7. The van der Waals surface area contributed by atoms with Gasteiger partial charge in [0.1, 0.15) is 32.3 Å². The zero-order valence-electron chi connectivity index (χ0n) is 52.1. The highest BCUT2D eigenvalue weighted by atomic mass is 28.3. The molecule has 10 heteroatoms. The van der Waals surface area contributed by atoms with Gasteiger partial charge >= 0.3 is 0 Å². The minimum absolute atomic E-state index is 0.0116. The molecule has 78 heavy (non-hydrogen) atoms. The lowest BCUT2D eigenvalue weighted by Crippen LogP contribution is -2.43. The van der Waals surface area contributed by atoms with Crippen molar-refractivity contribution in [2.75, 3.05) is 0 Å². The molecule has 6 nitrogen and oxygen atoms in total. The molecule has 0 amide bonds. The van der Waals surface area contributed by atoms with Crippen LogP contribution in [0.4, 0.5) is 11.4 Å². The lowest BCUT2D eigenvalue weighted by molar-refractivity contribution is -0.385. The molecule has 0 atom stereocenters.